The van der Waals surface area contributed by atoms with E-state index in [9.17, 15) is 0 Å². The molecule has 4 heteroatoms. The van der Waals surface area contributed by atoms with Gasteiger partial charge in [0.2, 0.25) is 0 Å². The Bertz CT molecular complexity index is 432. The van der Waals surface area contributed by atoms with Gasteiger partial charge >= 0.3 is 33.1 Å². The Morgan fingerprint density at radius 1 is 1.00 bits per heavy atom. The number of benzene rings is 1. The van der Waals surface area contributed by atoms with Crippen LogP contribution in [-0.4, -0.2) is 11.9 Å². The van der Waals surface area contributed by atoms with Crippen LogP contribution in [0, 0.1) is 6.67 Å². The molecule has 115 valence electrons. The SMILES string of the molecule is CC(C)c1cccc(C(C)C)c1N1C=CN(C)[CH-]1.[Cu+][I]. The predicted molar refractivity (Wildman–Crippen MR) is 92.3 cm³/mol. The molecule has 0 spiro atoms. The minimum atomic E-state index is 0.534. The molecule has 0 aromatic heterocycles. The summed E-state index contributed by atoms with van der Waals surface area (Å²) in [5, 5.41) is 0. The summed E-state index contributed by atoms with van der Waals surface area (Å²) in [4.78, 5) is 4.33. The van der Waals surface area contributed by atoms with Crippen LogP contribution in [0.15, 0.2) is 30.6 Å². The topological polar surface area (TPSA) is 6.48 Å². The second-order valence-corrected chi connectivity index (χ2v) is 5.58. The van der Waals surface area contributed by atoms with Crippen molar-refractivity contribution in [1.29, 1.82) is 0 Å². The molecule has 1 aromatic carbocycles. The zero-order valence-electron chi connectivity index (χ0n) is 12.7. The van der Waals surface area contributed by atoms with Gasteiger partial charge in [-0.3, -0.25) is 0 Å². The normalized spacial score (nSPS) is 14.1. The molecule has 0 aliphatic carbocycles. The number of halogens is 1. The Kier molecular flexibility index (Phi) is 7.41. The summed E-state index contributed by atoms with van der Waals surface area (Å²) < 4.78 is 0. The molecular formula is C16H23CuIN2. The average molecular weight is 434 g/mol. The van der Waals surface area contributed by atoms with Crippen molar-refractivity contribution in [3.63, 3.8) is 0 Å². The van der Waals surface area contributed by atoms with Crippen molar-refractivity contribution in [3.05, 3.63) is 48.4 Å². The van der Waals surface area contributed by atoms with Crippen LogP contribution < -0.4 is 4.90 Å². The molecule has 0 radical (unpaired) electrons. The van der Waals surface area contributed by atoms with Gasteiger partial charge in [-0.15, -0.1) is 0 Å². The van der Waals surface area contributed by atoms with Crippen molar-refractivity contribution in [2.75, 3.05) is 11.9 Å². The van der Waals surface area contributed by atoms with Gasteiger partial charge in [-0.2, -0.15) is 6.67 Å². The molecule has 1 aromatic rings. The number of nitrogens with zero attached hydrogens (tertiary/aromatic N) is 2. The predicted octanol–water partition coefficient (Wildman–Crippen LogP) is 5.16. The molecule has 0 fully saturated rings. The van der Waals surface area contributed by atoms with E-state index in [0.717, 1.165) is 0 Å². The van der Waals surface area contributed by atoms with E-state index in [1.54, 1.807) is 20.3 Å². The van der Waals surface area contributed by atoms with Gasteiger partial charge in [0.15, 0.2) is 0 Å². The van der Waals surface area contributed by atoms with E-state index in [2.05, 4.69) is 94.6 Å². The van der Waals surface area contributed by atoms with Crippen LogP contribution >= 0.6 is 20.3 Å². The molecule has 2 rings (SSSR count). The van der Waals surface area contributed by atoms with Crippen LogP contribution in [0.3, 0.4) is 0 Å². The van der Waals surface area contributed by atoms with Crippen LogP contribution in [0.25, 0.3) is 0 Å². The van der Waals surface area contributed by atoms with Crippen LogP contribution in [0.4, 0.5) is 5.69 Å². The Morgan fingerprint density at radius 3 is 1.85 bits per heavy atom. The Hall–Kier alpha value is -0.191. The first-order valence-corrected chi connectivity index (χ1v) is 9.82. The van der Waals surface area contributed by atoms with Crippen molar-refractivity contribution in [2.24, 2.45) is 0 Å². The first-order chi connectivity index (χ1) is 9.50. The third-order valence-electron chi connectivity index (χ3n) is 3.37. The number of anilines is 1. The molecule has 0 saturated heterocycles. The Labute approximate surface area is 143 Å². The first-order valence-electron chi connectivity index (χ1n) is 6.78. The van der Waals surface area contributed by atoms with E-state index in [4.69, 9.17) is 0 Å². The van der Waals surface area contributed by atoms with Gasteiger partial charge in [0.1, 0.15) is 0 Å². The van der Waals surface area contributed by atoms with E-state index in [1.165, 1.54) is 16.8 Å². The minimum absolute atomic E-state index is 0.534. The van der Waals surface area contributed by atoms with Crippen molar-refractivity contribution < 1.29 is 12.8 Å². The summed E-state index contributed by atoms with van der Waals surface area (Å²) in [6.45, 7) is 11.2. The van der Waals surface area contributed by atoms with Gasteiger partial charge in [-0.25, -0.2) is 0 Å². The van der Waals surface area contributed by atoms with E-state index >= 15 is 0 Å². The second kappa shape index (κ2) is 8.30. The standard InChI is InChI=1S/C16H23N2.Cu.HI/c1-12(2)14-7-6-8-15(13(3)4)16(14)18-10-9-17(5)11-18;;/h6-13H,1-5H3;;1H/q-1;+2;/p-1. The zero-order valence-corrected chi connectivity index (χ0v) is 15.8. The summed E-state index contributed by atoms with van der Waals surface area (Å²) in [6.07, 6.45) is 4.22. The molecule has 1 heterocycles. The van der Waals surface area contributed by atoms with Crippen molar-refractivity contribution in [1.82, 2.24) is 4.90 Å². The fraction of sp³-hybridized carbons (Fsp3) is 0.438. The summed E-state index contributed by atoms with van der Waals surface area (Å²) in [5.74, 6) is 1.07. The number of para-hydroxylation sites is 1. The fourth-order valence-electron chi connectivity index (χ4n) is 2.39. The maximum atomic E-state index is 4.16. The van der Waals surface area contributed by atoms with E-state index in [0.29, 0.717) is 11.8 Å². The quantitative estimate of drug-likeness (QED) is 0.369. The summed E-state index contributed by atoms with van der Waals surface area (Å²) in [6, 6.07) is 6.66. The van der Waals surface area contributed by atoms with Gasteiger partial charge in [-0.05, 0) is 42.4 Å². The van der Waals surface area contributed by atoms with Gasteiger partial charge < -0.3 is 9.80 Å². The van der Waals surface area contributed by atoms with Crippen LogP contribution in [0.2, 0.25) is 0 Å². The molecule has 2 nitrogen and oxygen atoms in total. The van der Waals surface area contributed by atoms with Crippen molar-refractivity contribution >= 4 is 26.0 Å². The molecule has 0 N–H and O–H groups in total. The third kappa shape index (κ3) is 4.15. The molecular weight excluding hydrogens is 411 g/mol. The summed E-state index contributed by atoms with van der Waals surface area (Å²) in [7, 11) is 2.06. The monoisotopic (exact) mass is 433 g/mol. The molecule has 0 bridgehead atoms. The van der Waals surface area contributed by atoms with Crippen LogP contribution in [0.1, 0.15) is 50.7 Å². The molecule has 0 atom stereocenters. The molecule has 20 heavy (non-hydrogen) atoms. The molecule has 0 saturated carbocycles. The Balaban J connectivity index is 0.000000956. The van der Waals surface area contributed by atoms with Gasteiger partial charge in [0.25, 0.3) is 0 Å². The zero-order chi connectivity index (χ0) is 15.3. The van der Waals surface area contributed by atoms with E-state index in [-0.39, 0.29) is 0 Å². The van der Waals surface area contributed by atoms with Gasteiger partial charge in [0, 0.05) is 5.69 Å². The van der Waals surface area contributed by atoms with Crippen molar-refractivity contribution in [3.8, 4) is 0 Å². The third-order valence-corrected chi connectivity index (χ3v) is 3.37. The molecule has 1 aliphatic heterocycles. The molecule has 0 unspecified atom stereocenters. The average Bonchev–Trinajstić information content (AvgIpc) is 2.86. The van der Waals surface area contributed by atoms with Crippen LogP contribution in [0.5, 0.6) is 0 Å². The molecule has 0 amide bonds. The number of hydrogen-bond acceptors (Lipinski definition) is 2. The second-order valence-electron chi connectivity index (χ2n) is 5.58. The first kappa shape index (κ1) is 17.9. The van der Waals surface area contributed by atoms with Gasteiger partial charge in [-0.1, -0.05) is 45.9 Å². The maximum absolute atomic E-state index is 4.16. The van der Waals surface area contributed by atoms with Crippen LogP contribution in [-0.2, 0) is 12.8 Å². The molecule has 1 aliphatic rings. The van der Waals surface area contributed by atoms with E-state index < -0.39 is 0 Å². The van der Waals surface area contributed by atoms with E-state index in [1.807, 2.05) is 0 Å². The number of hydrogen-bond donors (Lipinski definition) is 0. The van der Waals surface area contributed by atoms with Crippen molar-refractivity contribution in [2.45, 2.75) is 39.5 Å². The number of rotatable bonds is 3. The van der Waals surface area contributed by atoms with Gasteiger partial charge in [0.05, 0.1) is 0 Å². The fourth-order valence-corrected chi connectivity index (χ4v) is 2.39. The summed E-state index contributed by atoms with van der Waals surface area (Å²) >= 11 is 5.87. The summed E-state index contributed by atoms with van der Waals surface area (Å²) in [5.41, 5.74) is 4.18. The Morgan fingerprint density at radius 2 is 1.50 bits per heavy atom.